The van der Waals surface area contributed by atoms with E-state index in [2.05, 4.69) is 32.6 Å². The third-order valence-corrected chi connectivity index (χ3v) is 4.23. The Hall–Kier alpha value is -0.0800. The zero-order chi connectivity index (χ0) is 12.9. The van der Waals surface area contributed by atoms with Crippen molar-refractivity contribution in [1.29, 1.82) is 0 Å². The van der Waals surface area contributed by atoms with Crippen LogP contribution >= 0.6 is 0 Å². The van der Waals surface area contributed by atoms with Crippen LogP contribution in [0.25, 0.3) is 0 Å². The van der Waals surface area contributed by atoms with Gasteiger partial charge in [-0.3, -0.25) is 0 Å². The van der Waals surface area contributed by atoms with Gasteiger partial charge in [-0.2, -0.15) is 0 Å². The number of aliphatic hydroxyl groups is 1. The van der Waals surface area contributed by atoms with E-state index in [1.807, 2.05) is 0 Å². The van der Waals surface area contributed by atoms with Crippen LogP contribution in [0, 0.1) is 11.8 Å². The van der Waals surface area contributed by atoms with Gasteiger partial charge in [0.15, 0.2) is 0 Å². The Balaban J connectivity index is 2.38. The van der Waals surface area contributed by atoms with E-state index >= 15 is 0 Å². The number of rotatable bonds is 6. The normalized spacial score (nSPS) is 21.4. The summed E-state index contributed by atoms with van der Waals surface area (Å²) in [7, 11) is 0. The van der Waals surface area contributed by atoms with Gasteiger partial charge in [0.25, 0.3) is 0 Å². The number of likely N-dealkylation sites (tertiary alicyclic amines) is 1. The highest BCUT2D eigenvalue weighted by Gasteiger charge is 2.33. The third kappa shape index (κ3) is 4.97. The Morgan fingerprint density at radius 1 is 1.12 bits per heavy atom. The first-order valence-electron chi connectivity index (χ1n) is 7.43. The first-order chi connectivity index (χ1) is 7.99. The lowest BCUT2D eigenvalue weighted by atomic mass is 9.81. The minimum atomic E-state index is -0.371. The number of piperidine rings is 1. The number of hydrogen-bond donors (Lipinski definition) is 1. The van der Waals surface area contributed by atoms with E-state index in [1.54, 1.807) is 0 Å². The van der Waals surface area contributed by atoms with Crippen LogP contribution in [0.2, 0.25) is 0 Å². The molecular formula is C15H31NO. The fourth-order valence-corrected chi connectivity index (χ4v) is 2.99. The first-order valence-corrected chi connectivity index (χ1v) is 7.43. The minimum Gasteiger partial charge on any atom is -0.390 e. The van der Waals surface area contributed by atoms with Crippen molar-refractivity contribution in [3.63, 3.8) is 0 Å². The molecule has 2 nitrogen and oxygen atoms in total. The van der Waals surface area contributed by atoms with Gasteiger partial charge in [-0.25, -0.2) is 0 Å². The molecule has 1 rings (SSSR count). The van der Waals surface area contributed by atoms with E-state index in [1.165, 1.54) is 19.4 Å². The third-order valence-electron chi connectivity index (χ3n) is 4.23. The van der Waals surface area contributed by atoms with Gasteiger partial charge in [0.1, 0.15) is 0 Å². The van der Waals surface area contributed by atoms with Crippen molar-refractivity contribution in [2.75, 3.05) is 19.6 Å². The average molecular weight is 241 g/mol. The molecule has 0 saturated carbocycles. The molecule has 0 radical (unpaired) electrons. The molecule has 0 unspecified atom stereocenters. The van der Waals surface area contributed by atoms with Crippen molar-refractivity contribution < 1.29 is 5.11 Å². The molecular weight excluding hydrogens is 210 g/mol. The second-order valence-corrected chi connectivity index (χ2v) is 6.31. The molecule has 0 bridgehead atoms. The van der Waals surface area contributed by atoms with Crippen molar-refractivity contribution in [3.05, 3.63) is 0 Å². The summed E-state index contributed by atoms with van der Waals surface area (Å²) >= 11 is 0. The zero-order valence-corrected chi connectivity index (χ0v) is 12.2. The van der Waals surface area contributed by atoms with Crippen LogP contribution in [0.4, 0.5) is 0 Å². The van der Waals surface area contributed by atoms with Crippen LogP contribution in [0.5, 0.6) is 0 Å². The van der Waals surface area contributed by atoms with E-state index in [9.17, 15) is 5.11 Å². The molecule has 1 aliphatic heterocycles. The van der Waals surface area contributed by atoms with Gasteiger partial charge in [0.05, 0.1) is 5.60 Å². The van der Waals surface area contributed by atoms with Crippen LogP contribution in [0.3, 0.4) is 0 Å². The van der Waals surface area contributed by atoms with Crippen molar-refractivity contribution in [2.45, 2.75) is 65.4 Å². The van der Waals surface area contributed by atoms with Gasteiger partial charge < -0.3 is 10.0 Å². The van der Waals surface area contributed by atoms with Crippen LogP contribution < -0.4 is 0 Å². The van der Waals surface area contributed by atoms with Gasteiger partial charge in [0.2, 0.25) is 0 Å². The largest absolute Gasteiger partial charge is 0.390 e. The molecule has 102 valence electrons. The molecule has 0 aliphatic carbocycles. The molecule has 1 saturated heterocycles. The van der Waals surface area contributed by atoms with Crippen LogP contribution in [-0.2, 0) is 0 Å². The molecule has 2 heteroatoms. The van der Waals surface area contributed by atoms with Crippen molar-refractivity contribution in [1.82, 2.24) is 4.90 Å². The summed E-state index contributed by atoms with van der Waals surface area (Å²) < 4.78 is 0. The summed E-state index contributed by atoms with van der Waals surface area (Å²) in [5, 5.41) is 10.6. The van der Waals surface area contributed by atoms with Crippen molar-refractivity contribution in [2.24, 2.45) is 11.8 Å². The smallest absolute Gasteiger partial charge is 0.0674 e. The van der Waals surface area contributed by atoms with E-state index in [-0.39, 0.29) is 5.60 Å². The van der Waals surface area contributed by atoms with E-state index in [0.717, 1.165) is 38.3 Å². The fourth-order valence-electron chi connectivity index (χ4n) is 2.99. The predicted molar refractivity (Wildman–Crippen MR) is 74.2 cm³/mol. The van der Waals surface area contributed by atoms with Gasteiger partial charge >= 0.3 is 0 Å². The molecule has 0 atom stereocenters. The summed E-state index contributed by atoms with van der Waals surface area (Å²) in [5.41, 5.74) is -0.371. The SMILES string of the molecule is CCC(CC)CC1(O)CCN(CC(C)C)CC1. The Labute approximate surface area is 107 Å². The Bertz CT molecular complexity index is 203. The van der Waals surface area contributed by atoms with Crippen LogP contribution in [-0.4, -0.2) is 35.2 Å². The quantitative estimate of drug-likeness (QED) is 0.771. The summed E-state index contributed by atoms with van der Waals surface area (Å²) in [5.74, 6) is 1.44. The highest BCUT2D eigenvalue weighted by atomic mass is 16.3. The van der Waals surface area contributed by atoms with E-state index < -0.39 is 0 Å². The highest BCUT2D eigenvalue weighted by Crippen LogP contribution is 2.31. The monoisotopic (exact) mass is 241 g/mol. The zero-order valence-electron chi connectivity index (χ0n) is 12.2. The number of nitrogens with zero attached hydrogens (tertiary/aromatic N) is 1. The van der Waals surface area contributed by atoms with Gasteiger partial charge in [-0.15, -0.1) is 0 Å². The molecule has 1 heterocycles. The lowest BCUT2D eigenvalue weighted by molar-refractivity contribution is -0.0415. The Morgan fingerprint density at radius 2 is 1.65 bits per heavy atom. The highest BCUT2D eigenvalue weighted by molar-refractivity contribution is 4.87. The molecule has 0 aromatic carbocycles. The Morgan fingerprint density at radius 3 is 2.06 bits per heavy atom. The van der Waals surface area contributed by atoms with Gasteiger partial charge in [0, 0.05) is 19.6 Å². The molecule has 1 fully saturated rings. The number of hydrogen-bond acceptors (Lipinski definition) is 2. The molecule has 0 aromatic heterocycles. The molecule has 0 spiro atoms. The second-order valence-electron chi connectivity index (χ2n) is 6.31. The summed E-state index contributed by atoms with van der Waals surface area (Å²) in [6, 6.07) is 0. The van der Waals surface area contributed by atoms with Gasteiger partial charge in [-0.05, 0) is 31.1 Å². The van der Waals surface area contributed by atoms with Crippen molar-refractivity contribution >= 4 is 0 Å². The van der Waals surface area contributed by atoms with Crippen LogP contribution in [0.15, 0.2) is 0 Å². The Kier molecular flexibility index (Phi) is 5.94. The second kappa shape index (κ2) is 6.75. The van der Waals surface area contributed by atoms with E-state index in [0.29, 0.717) is 5.92 Å². The molecule has 1 aliphatic rings. The standard InChI is InChI=1S/C15H31NO/c1-5-14(6-2)11-15(17)7-9-16(10-8-15)12-13(3)4/h13-14,17H,5-12H2,1-4H3. The fraction of sp³-hybridized carbons (Fsp3) is 1.00. The lowest BCUT2D eigenvalue weighted by Gasteiger charge is -2.40. The summed E-state index contributed by atoms with van der Waals surface area (Å²) in [6.45, 7) is 12.4. The first kappa shape index (κ1) is 15.0. The van der Waals surface area contributed by atoms with Crippen LogP contribution in [0.1, 0.15) is 59.8 Å². The van der Waals surface area contributed by atoms with Crippen molar-refractivity contribution in [3.8, 4) is 0 Å². The van der Waals surface area contributed by atoms with E-state index in [4.69, 9.17) is 0 Å². The topological polar surface area (TPSA) is 23.5 Å². The molecule has 1 N–H and O–H groups in total. The lowest BCUT2D eigenvalue weighted by Crippen LogP contribution is -2.46. The minimum absolute atomic E-state index is 0.371. The average Bonchev–Trinajstić information content (AvgIpc) is 2.29. The molecule has 0 aromatic rings. The predicted octanol–water partition coefficient (Wildman–Crippen LogP) is 3.30. The maximum absolute atomic E-state index is 10.6. The summed E-state index contributed by atoms with van der Waals surface area (Å²) in [6.07, 6.45) is 5.35. The molecule has 17 heavy (non-hydrogen) atoms. The maximum Gasteiger partial charge on any atom is 0.0674 e. The maximum atomic E-state index is 10.6. The summed E-state index contributed by atoms with van der Waals surface area (Å²) in [4.78, 5) is 2.51. The molecule has 0 amide bonds. The van der Waals surface area contributed by atoms with Gasteiger partial charge in [-0.1, -0.05) is 40.5 Å².